The fourth-order valence-corrected chi connectivity index (χ4v) is 2.67. The van der Waals surface area contributed by atoms with Gasteiger partial charge in [-0.05, 0) is 36.8 Å². The minimum atomic E-state index is -0.547. The zero-order valence-electron chi connectivity index (χ0n) is 10.8. The number of aliphatic hydroxyl groups is 1. The van der Waals surface area contributed by atoms with Crippen LogP contribution in [-0.2, 0) is 6.54 Å². The number of nitrogens with one attached hydrogen (secondary N) is 1. The van der Waals surface area contributed by atoms with E-state index in [4.69, 9.17) is 5.26 Å². The molecule has 0 bridgehead atoms. The average Bonchev–Trinajstić information content (AvgIpc) is 2.84. The lowest BCUT2D eigenvalue weighted by molar-refractivity contribution is 0.174. The van der Waals surface area contributed by atoms with Gasteiger partial charge in [-0.2, -0.15) is 5.26 Å². The Morgan fingerprint density at radius 2 is 2.00 bits per heavy atom. The molecule has 0 aliphatic carbocycles. The lowest BCUT2D eigenvalue weighted by atomic mass is 10.1. The first-order valence-electron chi connectivity index (χ1n) is 6.13. The molecule has 2 rings (SSSR count). The molecule has 2 aromatic rings. The van der Waals surface area contributed by atoms with Crippen LogP contribution in [0, 0.1) is 18.3 Å². The van der Waals surface area contributed by atoms with Gasteiger partial charge in [0.1, 0.15) is 0 Å². The lowest BCUT2D eigenvalue weighted by Crippen LogP contribution is -2.20. The Balaban J connectivity index is 1.83. The first-order valence-corrected chi connectivity index (χ1v) is 6.95. The van der Waals surface area contributed by atoms with Crippen LogP contribution in [0.15, 0.2) is 36.4 Å². The molecule has 0 fully saturated rings. The van der Waals surface area contributed by atoms with Gasteiger partial charge in [-0.15, -0.1) is 11.3 Å². The number of hydrogen-bond acceptors (Lipinski definition) is 4. The van der Waals surface area contributed by atoms with Gasteiger partial charge < -0.3 is 10.4 Å². The summed E-state index contributed by atoms with van der Waals surface area (Å²) >= 11 is 1.76. The van der Waals surface area contributed by atoms with Crippen LogP contribution >= 0.6 is 11.3 Å². The molecule has 0 aliphatic rings. The van der Waals surface area contributed by atoms with Gasteiger partial charge in [-0.25, -0.2) is 0 Å². The third-order valence-corrected chi connectivity index (χ3v) is 3.86. The maximum absolute atomic E-state index is 10.0. The van der Waals surface area contributed by atoms with Crippen molar-refractivity contribution in [1.29, 1.82) is 5.26 Å². The largest absolute Gasteiger partial charge is 0.387 e. The van der Waals surface area contributed by atoms with Crippen molar-refractivity contribution in [1.82, 2.24) is 5.32 Å². The molecule has 1 atom stereocenters. The minimum Gasteiger partial charge on any atom is -0.387 e. The van der Waals surface area contributed by atoms with Crippen LogP contribution in [0.3, 0.4) is 0 Å². The van der Waals surface area contributed by atoms with E-state index in [0.717, 1.165) is 12.1 Å². The molecule has 1 aromatic carbocycles. The van der Waals surface area contributed by atoms with Crippen LogP contribution in [-0.4, -0.2) is 11.7 Å². The molecule has 3 nitrogen and oxygen atoms in total. The van der Waals surface area contributed by atoms with Crippen LogP contribution in [0.2, 0.25) is 0 Å². The van der Waals surface area contributed by atoms with E-state index < -0.39 is 6.10 Å². The Hall–Kier alpha value is -1.67. The monoisotopic (exact) mass is 272 g/mol. The van der Waals surface area contributed by atoms with Gasteiger partial charge >= 0.3 is 0 Å². The van der Waals surface area contributed by atoms with E-state index >= 15 is 0 Å². The van der Waals surface area contributed by atoms with E-state index in [1.807, 2.05) is 0 Å². The summed E-state index contributed by atoms with van der Waals surface area (Å²) in [5.41, 5.74) is 1.44. The van der Waals surface area contributed by atoms with Crippen LogP contribution < -0.4 is 5.32 Å². The van der Waals surface area contributed by atoms with Crippen molar-refractivity contribution >= 4 is 11.3 Å². The first-order chi connectivity index (χ1) is 9.19. The second kappa shape index (κ2) is 6.48. The van der Waals surface area contributed by atoms with Crippen LogP contribution in [0.5, 0.6) is 0 Å². The van der Waals surface area contributed by atoms with Gasteiger partial charge in [0.05, 0.1) is 17.7 Å². The highest BCUT2D eigenvalue weighted by Crippen LogP contribution is 2.16. The van der Waals surface area contributed by atoms with E-state index in [9.17, 15) is 5.11 Å². The van der Waals surface area contributed by atoms with Gasteiger partial charge in [-0.3, -0.25) is 0 Å². The zero-order valence-corrected chi connectivity index (χ0v) is 11.6. The second-order valence-electron chi connectivity index (χ2n) is 4.39. The van der Waals surface area contributed by atoms with Gasteiger partial charge in [0, 0.05) is 22.8 Å². The molecule has 0 spiro atoms. The SMILES string of the molecule is Cc1ccc(CNCC(O)c2ccc(C#N)cc2)s1. The van der Waals surface area contributed by atoms with Gasteiger partial charge in [0.2, 0.25) is 0 Å². The van der Waals surface area contributed by atoms with E-state index in [1.54, 1.807) is 35.6 Å². The molecular formula is C15H16N2OS. The Morgan fingerprint density at radius 3 is 2.58 bits per heavy atom. The van der Waals surface area contributed by atoms with Gasteiger partial charge in [0.25, 0.3) is 0 Å². The van der Waals surface area contributed by atoms with Crippen molar-refractivity contribution in [3.8, 4) is 6.07 Å². The molecule has 98 valence electrons. The average molecular weight is 272 g/mol. The van der Waals surface area contributed by atoms with Crippen LogP contribution in [0.1, 0.15) is 27.0 Å². The molecule has 0 saturated heterocycles. The number of hydrogen-bond donors (Lipinski definition) is 2. The fraction of sp³-hybridized carbons (Fsp3) is 0.267. The first kappa shape index (κ1) is 13.8. The second-order valence-corrected chi connectivity index (χ2v) is 5.77. The minimum absolute atomic E-state index is 0.503. The normalized spacial score (nSPS) is 12.1. The van der Waals surface area contributed by atoms with Crippen LogP contribution in [0.4, 0.5) is 0 Å². The van der Waals surface area contributed by atoms with Crippen molar-refractivity contribution in [2.24, 2.45) is 0 Å². The van der Waals surface area contributed by atoms with Crippen molar-refractivity contribution in [3.63, 3.8) is 0 Å². The predicted octanol–water partition coefficient (Wildman–Crippen LogP) is 2.75. The lowest BCUT2D eigenvalue weighted by Gasteiger charge is -2.11. The molecule has 0 radical (unpaired) electrons. The molecule has 1 heterocycles. The van der Waals surface area contributed by atoms with Gasteiger partial charge in [-0.1, -0.05) is 12.1 Å². The molecule has 2 N–H and O–H groups in total. The summed E-state index contributed by atoms with van der Waals surface area (Å²) in [6.45, 7) is 3.36. The highest BCUT2D eigenvalue weighted by molar-refractivity contribution is 7.11. The number of nitriles is 1. The van der Waals surface area contributed by atoms with Crippen molar-refractivity contribution in [2.45, 2.75) is 19.6 Å². The number of thiophene rings is 1. The summed E-state index contributed by atoms with van der Waals surface area (Å²) < 4.78 is 0. The van der Waals surface area contributed by atoms with E-state index in [-0.39, 0.29) is 0 Å². The topological polar surface area (TPSA) is 56.0 Å². The number of aliphatic hydroxyl groups excluding tert-OH is 1. The number of aryl methyl sites for hydroxylation is 1. The summed E-state index contributed by atoms with van der Waals surface area (Å²) in [6.07, 6.45) is -0.547. The van der Waals surface area contributed by atoms with Gasteiger partial charge in [0.15, 0.2) is 0 Å². The standard InChI is InChI=1S/C15H16N2OS/c1-11-2-7-14(19-11)9-17-10-15(18)13-5-3-12(8-16)4-6-13/h2-7,15,17-18H,9-10H2,1H3. The Bertz CT molecular complexity index is 569. The predicted molar refractivity (Wildman–Crippen MR) is 76.9 cm³/mol. The smallest absolute Gasteiger partial charge is 0.0991 e. The maximum Gasteiger partial charge on any atom is 0.0991 e. The molecule has 0 saturated carbocycles. The highest BCUT2D eigenvalue weighted by Gasteiger charge is 2.07. The zero-order chi connectivity index (χ0) is 13.7. The summed E-state index contributed by atoms with van der Waals surface area (Å²) in [5, 5.41) is 22.0. The molecule has 0 aliphatic heterocycles. The number of nitrogens with zero attached hydrogens (tertiary/aromatic N) is 1. The van der Waals surface area contributed by atoms with Crippen molar-refractivity contribution < 1.29 is 5.11 Å². The summed E-state index contributed by atoms with van der Waals surface area (Å²) in [7, 11) is 0. The Kier molecular flexibility index (Phi) is 4.69. The molecule has 19 heavy (non-hydrogen) atoms. The maximum atomic E-state index is 10.0. The summed E-state index contributed by atoms with van der Waals surface area (Å²) in [6, 6.07) is 13.3. The fourth-order valence-electron chi connectivity index (χ4n) is 1.81. The third-order valence-electron chi connectivity index (χ3n) is 2.86. The molecular weight excluding hydrogens is 256 g/mol. The van der Waals surface area contributed by atoms with E-state index in [2.05, 4.69) is 30.4 Å². The van der Waals surface area contributed by atoms with Crippen molar-refractivity contribution in [2.75, 3.05) is 6.54 Å². The molecule has 1 aromatic heterocycles. The van der Waals surface area contributed by atoms with Crippen molar-refractivity contribution in [3.05, 3.63) is 57.3 Å². The highest BCUT2D eigenvalue weighted by atomic mass is 32.1. The molecule has 0 amide bonds. The number of benzene rings is 1. The number of rotatable bonds is 5. The summed E-state index contributed by atoms with van der Waals surface area (Å²) in [5.74, 6) is 0. The Morgan fingerprint density at radius 1 is 1.26 bits per heavy atom. The summed E-state index contributed by atoms with van der Waals surface area (Å²) in [4.78, 5) is 2.56. The quantitative estimate of drug-likeness (QED) is 0.880. The van der Waals surface area contributed by atoms with Crippen LogP contribution in [0.25, 0.3) is 0 Å². The third kappa shape index (κ3) is 3.90. The Labute approximate surface area is 117 Å². The van der Waals surface area contributed by atoms with E-state index in [0.29, 0.717) is 12.1 Å². The molecule has 4 heteroatoms. The molecule has 1 unspecified atom stereocenters. The van der Waals surface area contributed by atoms with E-state index in [1.165, 1.54) is 9.75 Å².